The zero-order valence-electron chi connectivity index (χ0n) is 14.5. The highest BCUT2D eigenvalue weighted by atomic mass is 32.2. The summed E-state index contributed by atoms with van der Waals surface area (Å²) in [6.07, 6.45) is 3.28. The molecule has 3 rings (SSSR count). The van der Waals surface area contributed by atoms with Gasteiger partial charge in [0.15, 0.2) is 0 Å². The van der Waals surface area contributed by atoms with E-state index in [9.17, 15) is 21.6 Å². The Hall–Kier alpha value is -2.82. The molecule has 0 fully saturated rings. The minimum Gasteiger partial charge on any atom is -0.376 e. The van der Waals surface area contributed by atoms with Crippen molar-refractivity contribution in [3.8, 4) is 5.75 Å². The number of aryl methyl sites for hydroxylation is 2. The Kier molecular flexibility index (Phi) is 4.50. The number of fused-ring (bicyclic) bond motifs is 1. The highest BCUT2D eigenvalue weighted by Crippen LogP contribution is 2.32. The summed E-state index contributed by atoms with van der Waals surface area (Å²) in [6.45, 7) is 1.63. The zero-order chi connectivity index (χ0) is 20.0. The Balaban J connectivity index is 1.91. The summed E-state index contributed by atoms with van der Waals surface area (Å²) >= 11 is 0. The SMILES string of the molecule is Cc1cc(OS(=O)(=O)C(F)(F)F)ccc1N(C)c1cc2c(cn1)ncn2C. The molecule has 0 radical (unpaired) electrons. The molecule has 1 aromatic carbocycles. The molecule has 0 unspecified atom stereocenters. The number of pyridine rings is 1. The molecule has 144 valence electrons. The second-order valence-electron chi connectivity index (χ2n) is 5.88. The highest BCUT2D eigenvalue weighted by Gasteiger charge is 2.48. The number of benzene rings is 1. The van der Waals surface area contributed by atoms with Crippen molar-refractivity contribution in [1.29, 1.82) is 0 Å². The molecule has 0 aliphatic rings. The van der Waals surface area contributed by atoms with Gasteiger partial charge in [-0.05, 0) is 30.7 Å². The van der Waals surface area contributed by atoms with Crippen molar-refractivity contribution in [3.05, 3.63) is 42.4 Å². The van der Waals surface area contributed by atoms with Crippen LogP contribution in [0.3, 0.4) is 0 Å². The van der Waals surface area contributed by atoms with Gasteiger partial charge in [-0.2, -0.15) is 21.6 Å². The summed E-state index contributed by atoms with van der Waals surface area (Å²) < 4.78 is 65.6. The van der Waals surface area contributed by atoms with Crippen molar-refractivity contribution < 1.29 is 25.8 Å². The summed E-state index contributed by atoms with van der Waals surface area (Å²) in [5.74, 6) is 0.169. The van der Waals surface area contributed by atoms with E-state index in [0.717, 1.165) is 17.1 Å². The van der Waals surface area contributed by atoms with Gasteiger partial charge in [-0.1, -0.05) is 0 Å². The van der Waals surface area contributed by atoms with Gasteiger partial charge in [0, 0.05) is 25.8 Å². The van der Waals surface area contributed by atoms with E-state index >= 15 is 0 Å². The normalized spacial score (nSPS) is 12.4. The lowest BCUT2D eigenvalue weighted by Gasteiger charge is -2.21. The first-order chi connectivity index (χ1) is 12.5. The third kappa shape index (κ3) is 3.54. The molecule has 11 heteroatoms. The number of hydrogen-bond acceptors (Lipinski definition) is 6. The molecule has 2 heterocycles. The minimum atomic E-state index is -5.71. The smallest absolute Gasteiger partial charge is 0.376 e. The van der Waals surface area contributed by atoms with Gasteiger partial charge in [-0.15, -0.1) is 0 Å². The Morgan fingerprint density at radius 2 is 1.89 bits per heavy atom. The van der Waals surface area contributed by atoms with Gasteiger partial charge in [-0.25, -0.2) is 9.97 Å². The average molecular weight is 400 g/mol. The van der Waals surface area contributed by atoms with E-state index in [-0.39, 0.29) is 0 Å². The topological polar surface area (TPSA) is 77.3 Å². The number of nitrogens with zero attached hydrogens (tertiary/aromatic N) is 4. The predicted molar refractivity (Wildman–Crippen MR) is 93.4 cm³/mol. The molecule has 0 spiro atoms. The van der Waals surface area contributed by atoms with Gasteiger partial charge in [0.25, 0.3) is 0 Å². The Bertz CT molecular complexity index is 1110. The van der Waals surface area contributed by atoms with Crippen LogP contribution in [0.25, 0.3) is 11.0 Å². The number of anilines is 2. The number of imidazole rings is 1. The molecular formula is C16H15F3N4O3S. The standard InChI is InChI=1S/C16H15F3N4O3S/c1-10-6-11(26-27(24,25)16(17,18)19)4-5-13(10)23(3)15-7-14-12(8-20-15)21-9-22(14)2/h4-9H,1-3H3. The molecule has 0 amide bonds. The van der Waals surface area contributed by atoms with Crippen molar-refractivity contribution in [2.24, 2.45) is 7.05 Å². The second kappa shape index (κ2) is 6.41. The molecule has 2 aromatic heterocycles. The molecule has 27 heavy (non-hydrogen) atoms. The molecule has 0 aliphatic carbocycles. The van der Waals surface area contributed by atoms with Crippen LogP contribution >= 0.6 is 0 Å². The quantitative estimate of drug-likeness (QED) is 0.494. The van der Waals surface area contributed by atoms with Crippen molar-refractivity contribution in [2.75, 3.05) is 11.9 Å². The highest BCUT2D eigenvalue weighted by molar-refractivity contribution is 7.88. The summed E-state index contributed by atoms with van der Waals surface area (Å²) in [7, 11) is -2.13. The molecule has 0 saturated heterocycles. The number of halogens is 3. The van der Waals surface area contributed by atoms with Gasteiger partial charge in [-0.3, -0.25) is 0 Å². The van der Waals surface area contributed by atoms with Gasteiger partial charge in [0.1, 0.15) is 17.1 Å². The maximum absolute atomic E-state index is 12.4. The zero-order valence-corrected chi connectivity index (χ0v) is 15.3. The summed E-state index contributed by atoms with van der Waals surface area (Å²) in [4.78, 5) is 10.2. The van der Waals surface area contributed by atoms with Crippen LogP contribution in [0.15, 0.2) is 36.8 Å². The van der Waals surface area contributed by atoms with E-state index in [1.54, 1.807) is 31.4 Å². The molecule has 0 atom stereocenters. The second-order valence-corrected chi connectivity index (χ2v) is 7.42. The lowest BCUT2D eigenvalue weighted by atomic mass is 10.1. The van der Waals surface area contributed by atoms with Crippen molar-refractivity contribution >= 4 is 32.7 Å². The fraction of sp³-hybridized carbons (Fsp3) is 0.250. The number of rotatable bonds is 4. The first-order valence-electron chi connectivity index (χ1n) is 7.62. The van der Waals surface area contributed by atoms with E-state index in [4.69, 9.17) is 0 Å². The van der Waals surface area contributed by atoms with Gasteiger partial charge >= 0.3 is 15.6 Å². The average Bonchev–Trinajstić information content (AvgIpc) is 2.94. The van der Waals surface area contributed by atoms with Crippen molar-refractivity contribution in [2.45, 2.75) is 12.4 Å². The summed E-state index contributed by atoms with van der Waals surface area (Å²) in [6, 6.07) is 5.66. The van der Waals surface area contributed by atoms with Gasteiger partial charge in [0.05, 0.1) is 18.0 Å². The van der Waals surface area contributed by atoms with Crippen LogP contribution in [-0.2, 0) is 17.2 Å². The van der Waals surface area contributed by atoms with Gasteiger partial charge in [0.2, 0.25) is 0 Å². The lowest BCUT2D eigenvalue weighted by Crippen LogP contribution is -2.28. The third-order valence-electron chi connectivity index (χ3n) is 3.96. The summed E-state index contributed by atoms with van der Waals surface area (Å²) in [5.41, 5.74) is -2.76. The molecule has 0 saturated carbocycles. The molecule has 0 aliphatic heterocycles. The van der Waals surface area contributed by atoms with Crippen LogP contribution in [0.5, 0.6) is 5.75 Å². The van der Waals surface area contributed by atoms with E-state index in [2.05, 4.69) is 14.2 Å². The van der Waals surface area contributed by atoms with Crippen LogP contribution < -0.4 is 9.08 Å². The number of aromatic nitrogens is 3. The summed E-state index contributed by atoms with van der Waals surface area (Å²) in [5, 5.41) is 0. The lowest BCUT2D eigenvalue weighted by molar-refractivity contribution is -0.0500. The number of hydrogen-bond donors (Lipinski definition) is 0. The van der Waals surface area contributed by atoms with Crippen LogP contribution in [0, 0.1) is 6.92 Å². The first-order valence-corrected chi connectivity index (χ1v) is 9.02. The van der Waals surface area contributed by atoms with Gasteiger partial charge < -0.3 is 13.7 Å². The molecule has 0 bridgehead atoms. The fourth-order valence-electron chi connectivity index (χ4n) is 2.56. The van der Waals surface area contributed by atoms with E-state index < -0.39 is 21.4 Å². The fourth-order valence-corrected chi connectivity index (χ4v) is 3.01. The first kappa shape index (κ1) is 19.0. The van der Waals surface area contributed by atoms with Crippen LogP contribution in [0.1, 0.15) is 5.56 Å². The van der Waals surface area contributed by atoms with E-state index in [0.29, 0.717) is 17.1 Å². The number of alkyl halides is 3. The largest absolute Gasteiger partial charge is 0.534 e. The Morgan fingerprint density at radius 1 is 1.19 bits per heavy atom. The van der Waals surface area contributed by atoms with Crippen LogP contribution in [-0.4, -0.2) is 35.5 Å². The predicted octanol–water partition coefficient (Wildman–Crippen LogP) is 3.27. The minimum absolute atomic E-state index is 0.419. The molecule has 0 N–H and O–H groups in total. The molecule has 3 aromatic rings. The molecular weight excluding hydrogens is 385 g/mol. The van der Waals surface area contributed by atoms with Crippen LogP contribution in [0.4, 0.5) is 24.7 Å². The Labute approximate surface area is 153 Å². The third-order valence-corrected chi connectivity index (χ3v) is 4.94. The Morgan fingerprint density at radius 3 is 2.52 bits per heavy atom. The maximum Gasteiger partial charge on any atom is 0.534 e. The van der Waals surface area contributed by atoms with E-state index in [1.807, 2.05) is 17.7 Å². The van der Waals surface area contributed by atoms with E-state index in [1.165, 1.54) is 12.1 Å². The van der Waals surface area contributed by atoms with Crippen LogP contribution in [0.2, 0.25) is 0 Å². The maximum atomic E-state index is 12.4. The molecule has 7 nitrogen and oxygen atoms in total. The van der Waals surface area contributed by atoms with Crippen molar-refractivity contribution in [1.82, 2.24) is 14.5 Å². The van der Waals surface area contributed by atoms with Crippen molar-refractivity contribution in [3.63, 3.8) is 0 Å². The monoisotopic (exact) mass is 400 g/mol.